The Morgan fingerprint density at radius 2 is 2.19 bits per heavy atom. The fourth-order valence-electron chi connectivity index (χ4n) is 1.23. The van der Waals surface area contributed by atoms with Crippen LogP contribution in [-0.2, 0) is 11.3 Å². The number of nitrogens with one attached hydrogen (secondary N) is 2. The fraction of sp³-hybridized carbons (Fsp3) is 0.400. The lowest BCUT2D eigenvalue weighted by atomic mass is 10.2. The van der Waals surface area contributed by atoms with Crippen molar-refractivity contribution in [1.82, 2.24) is 10.6 Å². The van der Waals surface area contributed by atoms with Crippen molar-refractivity contribution in [2.75, 3.05) is 13.6 Å². The second-order valence-corrected chi connectivity index (χ2v) is 3.26. The number of aromatic carboxylic acids is 1. The van der Waals surface area contributed by atoms with Gasteiger partial charge in [-0.1, -0.05) is 0 Å². The summed E-state index contributed by atoms with van der Waals surface area (Å²) in [5.74, 6) is -0.288. The van der Waals surface area contributed by atoms with Crippen LogP contribution in [0.3, 0.4) is 0 Å². The van der Waals surface area contributed by atoms with Gasteiger partial charge in [0.1, 0.15) is 17.1 Å². The SMILES string of the molecule is CNC(=O)CNCc1cc(C(=O)O)c(C)o1. The molecule has 0 saturated heterocycles. The van der Waals surface area contributed by atoms with Crippen LogP contribution in [0, 0.1) is 6.92 Å². The molecule has 1 heterocycles. The van der Waals surface area contributed by atoms with E-state index in [1.165, 1.54) is 6.07 Å². The molecule has 0 fully saturated rings. The number of likely N-dealkylation sites (N-methyl/N-ethyl adjacent to an activating group) is 1. The van der Waals surface area contributed by atoms with Gasteiger partial charge in [0.25, 0.3) is 0 Å². The van der Waals surface area contributed by atoms with Gasteiger partial charge in [-0.2, -0.15) is 0 Å². The van der Waals surface area contributed by atoms with Crippen molar-refractivity contribution in [3.8, 4) is 0 Å². The number of furan rings is 1. The quantitative estimate of drug-likeness (QED) is 0.663. The highest BCUT2D eigenvalue weighted by Gasteiger charge is 2.13. The van der Waals surface area contributed by atoms with E-state index in [0.717, 1.165) is 0 Å². The third-order valence-corrected chi connectivity index (χ3v) is 2.06. The summed E-state index contributed by atoms with van der Waals surface area (Å²) in [6.07, 6.45) is 0. The Hall–Kier alpha value is -1.82. The molecule has 0 radical (unpaired) electrons. The molecule has 1 aromatic rings. The first kappa shape index (κ1) is 12.3. The number of hydrogen-bond donors (Lipinski definition) is 3. The van der Waals surface area contributed by atoms with Gasteiger partial charge in [-0.25, -0.2) is 4.79 Å². The summed E-state index contributed by atoms with van der Waals surface area (Å²) in [6.45, 7) is 2.08. The molecule has 3 N–H and O–H groups in total. The Balaban J connectivity index is 2.52. The van der Waals surface area contributed by atoms with Crippen LogP contribution in [0.2, 0.25) is 0 Å². The zero-order valence-electron chi connectivity index (χ0n) is 9.16. The van der Waals surface area contributed by atoms with Gasteiger partial charge in [-0.3, -0.25) is 4.79 Å². The molecule has 0 atom stereocenters. The van der Waals surface area contributed by atoms with Crippen molar-refractivity contribution >= 4 is 11.9 Å². The second kappa shape index (κ2) is 5.32. The van der Waals surface area contributed by atoms with Crippen molar-refractivity contribution in [2.45, 2.75) is 13.5 Å². The predicted molar refractivity (Wildman–Crippen MR) is 56.2 cm³/mol. The summed E-state index contributed by atoms with van der Waals surface area (Å²) in [7, 11) is 1.55. The highest BCUT2D eigenvalue weighted by Crippen LogP contribution is 2.14. The summed E-state index contributed by atoms with van der Waals surface area (Å²) < 4.78 is 5.22. The molecule has 0 unspecified atom stereocenters. The van der Waals surface area contributed by atoms with E-state index >= 15 is 0 Å². The number of rotatable bonds is 5. The van der Waals surface area contributed by atoms with E-state index in [4.69, 9.17) is 9.52 Å². The molecular formula is C10H14N2O4. The zero-order valence-corrected chi connectivity index (χ0v) is 9.16. The van der Waals surface area contributed by atoms with E-state index in [1.54, 1.807) is 14.0 Å². The molecule has 1 rings (SSSR count). The first-order chi connectivity index (χ1) is 7.54. The maximum absolute atomic E-state index is 10.9. The first-order valence-corrected chi connectivity index (χ1v) is 4.78. The zero-order chi connectivity index (χ0) is 12.1. The Bertz CT molecular complexity index is 398. The van der Waals surface area contributed by atoms with Crippen LogP contribution < -0.4 is 10.6 Å². The number of hydrogen-bond acceptors (Lipinski definition) is 4. The minimum absolute atomic E-state index is 0.137. The molecule has 1 amide bonds. The summed E-state index contributed by atoms with van der Waals surface area (Å²) in [5, 5.41) is 14.1. The largest absolute Gasteiger partial charge is 0.478 e. The van der Waals surface area contributed by atoms with Gasteiger partial charge in [-0.15, -0.1) is 0 Å². The third kappa shape index (κ3) is 3.09. The lowest BCUT2D eigenvalue weighted by molar-refractivity contribution is -0.119. The van der Waals surface area contributed by atoms with E-state index in [-0.39, 0.29) is 18.0 Å². The van der Waals surface area contributed by atoms with E-state index < -0.39 is 5.97 Å². The lowest BCUT2D eigenvalue weighted by Gasteiger charge is -2.00. The van der Waals surface area contributed by atoms with Crippen molar-refractivity contribution in [3.63, 3.8) is 0 Å². The monoisotopic (exact) mass is 226 g/mol. The molecule has 0 aliphatic heterocycles. The normalized spacial score (nSPS) is 10.1. The molecule has 6 nitrogen and oxygen atoms in total. The molecule has 0 aliphatic rings. The van der Waals surface area contributed by atoms with Crippen LogP contribution in [0.4, 0.5) is 0 Å². The Morgan fingerprint density at radius 3 is 2.69 bits per heavy atom. The van der Waals surface area contributed by atoms with Crippen molar-refractivity contribution < 1.29 is 19.1 Å². The number of carboxylic acids is 1. The van der Waals surface area contributed by atoms with Crippen LogP contribution >= 0.6 is 0 Å². The van der Waals surface area contributed by atoms with E-state index in [1.807, 2.05) is 0 Å². The van der Waals surface area contributed by atoms with Crippen molar-refractivity contribution in [2.24, 2.45) is 0 Å². The van der Waals surface area contributed by atoms with E-state index in [9.17, 15) is 9.59 Å². The summed E-state index contributed by atoms with van der Waals surface area (Å²) >= 11 is 0. The number of carbonyl (C=O) groups is 2. The highest BCUT2D eigenvalue weighted by molar-refractivity contribution is 5.88. The topological polar surface area (TPSA) is 91.6 Å². The Labute approximate surface area is 92.6 Å². The van der Waals surface area contributed by atoms with Crippen LogP contribution in [0.5, 0.6) is 0 Å². The van der Waals surface area contributed by atoms with Crippen LogP contribution in [0.1, 0.15) is 21.9 Å². The van der Waals surface area contributed by atoms with Gasteiger partial charge >= 0.3 is 5.97 Å². The van der Waals surface area contributed by atoms with Gasteiger partial charge in [0, 0.05) is 7.05 Å². The van der Waals surface area contributed by atoms with Gasteiger partial charge < -0.3 is 20.2 Å². The summed E-state index contributed by atoms with van der Waals surface area (Å²) in [5.41, 5.74) is 0.150. The van der Waals surface area contributed by atoms with Gasteiger partial charge in [0.2, 0.25) is 5.91 Å². The van der Waals surface area contributed by atoms with E-state index in [0.29, 0.717) is 18.1 Å². The molecule has 0 spiro atoms. The molecular weight excluding hydrogens is 212 g/mol. The smallest absolute Gasteiger partial charge is 0.339 e. The standard InChI is InChI=1S/C10H14N2O4/c1-6-8(10(14)15)3-7(16-6)4-12-5-9(13)11-2/h3,12H,4-5H2,1-2H3,(H,11,13)(H,14,15). The molecule has 1 aromatic heterocycles. The fourth-order valence-corrected chi connectivity index (χ4v) is 1.23. The Morgan fingerprint density at radius 1 is 1.50 bits per heavy atom. The molecule has 0 aromatic carbocycles. The number of carbonyl (C=O) groups excluding carboxylic acids is 1. The number of amides is 1. The maximum Gasteiger partial charge on any atom is 0.339 e. The minimum atomic E-state index is -1.01. The average molecular weight is 226 g/mol. The maximum atomic E-state index is 10.9. The van der Waals surface area contributed by atoms with Crippen LogP contribution in [0.25, 0.3) is 0 Å². The molecule has 0 bridgehead atoms. The molecule has 16 heavy (non-hydrogen) atoms. The molecule has 88 valence electrons. The molecule has 6 heteroatoms. The second-order valence-electron chi connectivity index (χ2n) is 3.26. The van der Waals surface area contributed by atoms with Gasteiger partial charge in [-0.05, 0) is 13.0 Å². The minimum Gasteiger partial charge on any atom is -0.478 e. The number of carboxylic acid groups (broad SMARTS) is 1. The first-order valence-electron chi connectivity index (χ1n) is 4.78. The van der Waals surface area contributed by atoms with Crippen LogP contribution in [0.15, 0.2) is 10.5 Å². The van der Waals surface area contributed by atoms with E-state index in [2.05, 4.69) is 10.6 Å². The molecule has 0 saturated carbocycles. The molecule has 0 aliphatic carbocycles. The van der Waals surface area contributed by atoms with Crippen molar-refractivity contribution in [1.29, 1.82) is 0 Å². The Kier molecular flexibility index (Phi) is 4.07. The number of aryl methyl sites for hydroxylation is 1. The lowest BCUT2D eigenvalue weighted by Crippen LogP contribution is -2.30. The summed E-state index contributed by atoms with van der Waals surface area (Å²) in [4.78, 5) is 21.6. The highest BCUT2D eigenvalue weighted by atomic mass is 16.4. The van der Waals surface area contributed by atoms with Gasteiger partial charge in [0.15, 0.2) is 0 Å². The van der Waals surface area contributed by atoms with Gasteiger partial charge in [0.05, 0.1) is 13.1 Å². The van der Waals surface area contributed by atoms with Crippen LogP contribution in [-0.4, -0.2) is 30.6 Å². The predicted octanol–water partition coefficient (Wildman–Crippen LogP) is 0.122. The van der Waals surface area contributed by atoms with Crippen molar-refractivity contribution in [3.05, 3.63) is 23.2 Å². The average Bonchev–Trinajstić information content (AvgIpc) is 2.59. The summed E-state index contributed by atoms with van der Waals surface area (Å²) in [6, 6.07) is 1.45. The third-order valence-electron chi connectivity index (χ3n) is 2.06.